The molecule has 15 nitrogen and oxygen atoms in total. The highest BCUT2D eigenvalue weighted by Gasteiger charge is 2.50. The summed E-state index contributed by atoms with van der Waals surface area (Å²) in [6.07, 6.45) is -7.99. The zero-order chi connectivity index (χ0) is 26.7. The summed E-state index contributed by atoms with van der Waals surface area (Å²) in [4.78, 5) is 70.0. The fraction of sp³-hybridized carbons (Fsp3) is 0.700. The molecular weight excluding hydrogens is 478 g/mol. The minimum absolute atomic E-state index is 0.465. The summed E-state index contributed by atoms with van der Waals surface area (Å²) in [7, 11) is 2.15. The molecule has 1 aliphatic heterocycles. The van der Waals surface area contributed by atoms with E-state index in [1.54, 1.807) is 0 Å². The van der Waals surface area contributed by atoms with Crippen molar-refractivity contribution in [2.75, 3.05) is 27.4 Å². The van der Waals surface area contributed by atoms with Gasteiger partial charge in [0.1, 0.15) is 31.5 Å². The van der Waals surface area contributed by atoms with Crippen LogP contribution in [-0.4, -0.2) is 105 Å². The van der Waals surface area contributed by atoms with E-state index in [0.29, 0.717) is 0 Å². The van der Waals surface area contributed by atoms with Gasteiger partial charge >= 0.3 is 29.8 Å². The van der Waals surface area contributed by atoms with Crippen LogP contribution >= 0.6 is 0 Å². The molecule has 1 amide bonds. The molecule has 1 fully saturated rings. The number of aliphatic hydroxyl groups excluding tert-OH is 1. The number of rotatable bonds is 11. The van der Waals surface area contributed by atoms with Gasteiger partial charge in [-0.2, -0.15) is 0 Å². The summed E-state index contributed by atoms with van der Waals surface area (Å²) in [5.74, 6) is -4.93. The molecule has 1 rings (SSSR count). The standard InChI is InChI=1S/C20H29NO14/c1-9(22)31-7-13-17(33-10(2)23)18(34-11(3)24)16(27)20(35-13)32-8-14(25)21-12(19(28)30-5)6-15(26)29-4/h12-13,16-18,20,27H,6-8H2,1-5H3,(H,21,25)/t12-,13+,16+,17+,18+,20-/m0/s1. The largest absolute Gasteiger partial charge is 0.469 e. The lowest BCUT2D eigenvalue weighted by molar-refractivity contribution is -0.304. The van der Waals surface area contributed by atoms with E-state index in [9.17, 15) is 33.9 Å². The minimum Gasteiger partial charge on any atom is -0.469 e. The van der Waals surface area contributed by atoms with Crippen LogP contribution in [0.1, 0.15) is 27.2 Å². The van der Waals surface area contributed by atoms with E-state index in [2.05, 4.69) is 14.8 Å². The third-order valence-corrected chi connectivity index (χ3v) is 4.47. The van der Waals surface area contributed by atoms with Gasteiger partial charge in [0.2, 0.25) is 5.91 Å². The van der Waals surface area contributed by atoms with Gasteiger partial charge in [-0.05, 0) is 0 Å². The van der Waals surface area contributed by atoms with Gasteiger partial charge in [0.15, 0.2) is 18.5 Å². The van der Waals surface area contributed by atoms with E-state index in [0.717, 1.165) is 35.0 Å². The second kappa shape index (κ2) is 14.2. The lowest BCUT2D eigenvalue weighted by Gasteiger charge is -2.42. The van der Waals surface area contributed by atoms with Crippen molar-refractivity contribution in [3.63, 3.8) is 0 Å². The van der Waals surface area contributed by atoms with E-state index in [-0.39, 0.29) is 0 Å². The lowest BCUT2D eigenvalue weighted by Crippen LogP contribution is -2.62. The Morgan fingerprint density at radius 2 is 1.51 bits per heavy atom. The number of methoxy groups -OCH3 is 2. The van der Waals surface area contributed by atoms with Gasteiger partial charge in [-0.15, -0.1) is 0 Å². The van der Waals surface area contributed by atoms with Crippen molar-refractivity contribution in [2.24, 2.45) is 0 Å². The number of carbonyl (C=O) groups excluding carboxylic acids is 6. The Morgan fingerprint density at radius 1 is 0.914 bits per heavy atom. The molecule has 1 heterocycles. The Morgan fingerprint density at radius 3 is 2.03 bits per heavy atom. The third kappa shape index (κ3) is 9.84. The summed E-state index contributed by atoms with van der Waals surface area (Å²) >= 11 is 0. The highest BCUT2D eigenvalue weighted by molar-refractivity contribution is 5.88. The van der Waals surface area contributed by atoms with Gasteiger partial charge in [0.25, 0.3) is 0 Å². The smallest absolute Gasteiger partial charge is 0.328 e. The number of hydrogen-bond acceptors (Lipinski definition) is 14. The monoisotopic (exact) mass is 507 g/mol. The maximum Gasteiger partial charge on any atom is 0.328 e. The molecule has 0 radical (unpaired) electrons. The number of aliphatic hydroxyl groups is 1. The molecule has 0 aliphatic carbocycles. The Kier molecular flexibility index (Phi) is 12.0. The zero-order valence-corrected chi connectivity index (χ0v) is 19.8. The number of nitrogens with one attached hydrogen (secondary N) is 1. The Bertz CT molecular complexity index is 799. The second-order valence-electron chi connectivity index (χ2n) is 7.22. The molecule has 198 valence electrons. The van der Waals surface area contributed by atoms with Gasteiger partial charge in [-0.1, -0.05) is 0 Å². The van der Waals surface area contributed by atoms with Crippen molar-refractivity contribution in [2.45, 2.75) is 63.9 Å². The molecule has 1 aliphatic rings. The predicted octanol–water partition coefficient (Wildman–Crippen LogP) is -2.26. The Hall–Kier alpha value is -3.30. The molecule has 0 bridgehead atoms. The molecule has 0 aromatic rings. The SMILES string of the molecule is COC(=O)C[C@H](NC(=O)CO[C@H]1O[C@H](COC(C)=O)[C@@H](OC(C)=O)[C@H](OC(C)=O)[C@H]1O)C(=O)OC. The second-order valence-corrected chi connectivity index (χ2v) is 7.22. The van der Waals surface area contributed by atoms with Crippen LogP contribution in [0.15, 0.2) is 0 Å². The minimum atomic E-state index is -1.74. The number of ether oxygens (including phenoxy) is 7. The first-order valence-electron chi connectivity index (χ1n) is 10.3. The fourth-order valence-electron chi connectivity index (χ4n) is 3.00. The van der Waals surface area contributed by atoms with Crippen LogP contribution in [0, 0.1) is 0 Å². The van der Waals surface area contributed by atoms with Gasteiger partial charge in [-0.25, -0.2) is 4.79 Å². The van der Waals surface area contributed by atoms with Crippen LogP contribution in [0.4, 0.5) is 0 Å². The van der Waals surface area contributed by atoms with E-state index >= 15 is 0 Å². The molecule has 2 N–H and O–H groups in total. The first-order valence-corrected chi connectivity index (χ1v) is 10.3. The molecule has 15 heteroatoms. The number of hydrogen-bond donors (Lipinski definition) is 2. The zero-order valence-electron chi connectivity index (χ0n) is 19.8. The van der Waals surface area contributed by atoms with Gasteiger partial charge < -0.3 is 43.6 Å². The summed E-state index contributed by atoms with van der Waals surface area (Å²) in [5, 5.41) is 12.9. The summed E-state index contributed by atoms with van der Waals surface area (Å²) in [6, 6.07) is -1.38. The predicted molar refractivity (Wildman–Crippen MR) is 109 cm³/mol. The van der Waals surface area contributed by atoms with Crippen LogP contribution in [-0.2, 0) is 61.9 Å². The van der Waals surface area contributed by atoms with Crippen LogP contribution in [0.2, 0.25) is 0 Å². The number of amides is 1. The molecule has 0 spiro atoms. The molecular formula is C20H29NO14. The summed E-state index contributed by atoms with van der Waals surface area (Å²) in [6.45, 7) is 1.98. The van der Waals surface area contributed by atoms with Crippen molar-refractivity contribution in [1.29, 1.82) is 0 Å². The van der Waals surface area contributed by atoms with Crippen molar-refractivity contribution >= 4 is 35.8 Å². The molecule has 0 aromatic heterocycles. The van der Waals surface area contributed by atoms with Crippen LogP contribution in [0.5, 0.6) is 0 Å². The number of carbonyl (C=O) groups is 6. The summed E-state index contributed by atoms with van der Waals surface area (Å²) < 4.78 is 34.9. The van der Waals surface area contributed by atoms with Crippen LogP contribution in [0.25, 0.3) is 0 Å². The van der Waals surface area contributed by atoms with Crippen LogP contribution in [0.3, 0.4) is 0 Å². The highest BCUT2D eigenvalue weighted by Crippen LogP contribution is 2.27. The molecule has 6 atom stereocenters. The first kappa shape index (κ1) is 29.7. The van der Waals surface area contributed by atoms with E-state index in [4.69, 9.17) is 23.7 Å². The average molecular weight is 507 g/mol. The highest BCUT2D eigenvalue weighted by atomic mass is 16.7. The third-order valence-electron chi connectivity index (χ3n) is 4.47. The van der Waals surface area contributed by atoms with Crippen molar-refractivity contribution in [1.82, 2.24) is 5.32 Å². The van der Waals surface area contributed by atoms with E-state index in [1.165, 1.54) is 0 Å². The van der Waals surface area contributed by atoms with E-state index < -0.39 is 92.1 Å². The quantitative estimate of drug-likeness (QED) is 0.224. The normalized spacial score (nSPS) is 24.3. The maximum absolute atomic E-state index is 12.3. The maximum atomic E-state index is 12.3. The molecule has 0 saturated carbocycles. The van der Waals surface area contributed by atoms with Crippen molar-refractivity contribution < 1.29 is 67.0 Å². The Labute approximate surface area is 200 Å². The average Bonchev–Trinajstić information content (AvgIpc) is 2.78. The number of esters is 5. The van der Waals surface area contributed by atoms with Crippen LogP contribution < -0.4 is 5.32 Å². The molecule has 35 heavy (non-hydrogen) atoms. The summed E-state index contributed by atoms with van der Waals surface area (Å²) in [5.41, 5.74) is 0. The molecule has 1 saturated heterocycles. The first-order chi connectivity index (χ1) is 16.4. The van der Waals surface area contributed by atoms with Gasteiger partial charge in [0.05, 0.1) is 20.6 Å². The fourth-order valence-corrected chi connectivity index (χ4v) is 3.00. The van der Waals surface area contributed by atoms with Crippen molar-refractivity contribution in [3.8, 4) is 0 Å². The van der Waals surface area contributed by atoms with Gasteiger partial charge in [-0.3, -0.25) is 24.0 Å². The van der Waals surface area contributed by atoms with Crippen molar-refractivity contribution in [3.05, 3.63) is 0 Å². The Balaban J connectivity index is 2.98. The lowest BCUT2D eigenvalue weighted by atomic mass is 9.98. The topological polar surface area (TPSA) is 199 Å². The molecule has 0 aromatic carbocycles. The van der Waals surface area contributed by atoms with Gasteiger partial charge in [0, 0.05) is 20.8 Å². The molecule has 0 unspecified atom stereocenters. The van der Waals surface area contributed by atoms with E-state index in [1.807, 2.05) is 0 Å².